The molecule has 0 radical (unpaired) electrons. The Bertz CT molecular complexity index is 1470. The number of carbonyl (C=O) groups excluding carboxylic acids is 3. The molecular weight excluding hydrogens is 556 g/mol. The van der Waals surface area contributed by atoms with Crippen LogP contribution in [0.3, 0.4) is 0 Å². The van der Waals surface area contributed by atoms with Gasteiger partial charge in [0.2, 0.25) is 0 Å². The molecule has 3 aromatic rings. The molecule has 9 nitrogen and oxygen atoms in total. The quantitative estimate of drug-likeness (QED) is 0.132. The Hall–Kier alpha value is -3.89. The van der Waals surface area contributed by atoms with Gasteiger partial charge in [-0.2, -0.15) is 0 Å². The number of ether oxygens (including phenoxy) is 3. The molecule has 4 rings (SSSR count). The minimum absolute atomic E-state index is 0.118. The molecule has 1 fully saturated rings. The fourth-order valence-corrected chi connectivity index (χ4v) is 5.39. The molecule has 0 saturated carbocycles. The highest BCUT2D eigenvalue weighted by Crippen LogP contribution is 2.45. The summed E-state index contributed by atoms with van der Waals surface area (Å²) in [6.07, 6.45) is 0.792. The second-order valence-electron chi connectivity index (χ2n) is 8.80. The lowest BCUT2D eigenvalue weighted by atomic mass is 9.95. The molecule has 1 aromatic heterocycles. The van der Waals surface area contributed by atoms with Crippen LogP contribution in [0.5, 0.6) is 11.5 Å². The van der Waals surface area contributed by atoms with Crippen molar-refractivity contribution in [3.05, 3.63) is 74.8 Å². The molecule has 1 amide bonds. The number of carbonyl (C=O) groups is 3. The minimum atomic E-state index is -1.07. The first kappa shape index (κ1) is 29.1. The molecule has 2 aromatic carbocycles. The van der Waals surface area contributed by atoms with Gasteiger partial charge in [-0.3, -0.25) is 14.5 Å². The van der Waals surface area contributed by atoms with Crippen LogP contribution in [-0.2, 0) is 14.3 Å². The second-order valence-corrected chi connectivity index (χ2v) is 10.2. The van der Waals surface area contributed by atoms with Crippen LogP contribution in [0.2, 0.25) is 5.02 Å². The molecule has 0 bridgehead atoms. The van der Waals surface area contributed by atoms with Gasteiger partial charge in [-0.1, -0.05) is 35.9 Å². The molecule has 0 aliphatic carbocycles. The summed E-state index contributed by atoms with van der Waals surface area (Å²) in [5.74, 6) is -1.80. The van der Waals surface area contributed by atoms with Crippen LogP contribution in [0.25, 0.3) is 5.76 Å². The zero-order valence-electron chi connectivity index (χ0n) is 22.5. The van der Waals surface area contributed by atoms with Gasteiger partial charge in [-0.25, -0.2) is 9.78 Å². The zero-order valence-corrected chi connectivity index (χ0v) is 24.1. The van der Waals surface area contributed by atoms with Crippen LogP contribution in [0.15, 0.2) is 48.0 Å². The van der Waals surface area contributed by atoms with Crippen molar-refractivity contribution in [2.45, 2.75) is 40.2 Å². The number of nitrogens with zero attached hydrogens (tertiary/aromatic N) is 2. The number of anilines is 1. The van der Waals surface area contributed by atoms with Gasteiger partial charge >= 0.3 is 11.9 Å². The van der Waals surface area contributed by atoms with Crippen molar-refractivity contribution < 1.29 is 33.7 Å². The van der Waals surface area contributed by atoms with Crippen LogP contribution in [0.4, 0.5) is 5.13 Å². The molecule has 1 aliphatic heterocycles. The molecule has 1 aliphatic rings. The van der Waals surface area contributed by atoms with E-state index in [1.807, 2.05) is 13.8 Å². The standard InChI is InChI=1S/C29H29ClN2O7S/c1-5-14-39-20-13-10-18(15-21(20)37-6-2)23-22(24(33)17-8-11-19(30)12-9-17)25(34)27(35)32(23)29-31-16(4)26(40-29)28(36)38-7-3/h8-13,15,23,33H,5-7,14H2,1-4H3. The number of esters is 1. The first-order valence-electron chi connectivity index (χ1n) is 12.8. The number of hydrogen-bond donors (Lipinski definition) is 1. The number of aromatic nitrogens is 1. The number of hydrogen-bond acceptors (Lipinski definition) is 9. The molecular formula is C29H29ClN2O7S. The number of ketones is 1. The van der Waals surface area contributed by atoms with Gasteiger partial charge in [-0.05, 0) is 69.2 Å². The number of rotatable bonds is 10. The van der Waals surface area contributed by atoms with E-state index in [1.165, 1.54) is 4.90 Å². The van der Waals surface area contributed by atoms with Gasteiger partial charge < -0.3 is 19.3 Å². The second kappa shape index (κ2) is 12.5. The van der Waals surface area contributed by atoms with Crippen molar-refractivity contribution in [2.24, 2.45) is 0 Å². The van der Waals surface area contributed by atoms with Gasteiger partial charge in [0, 0.05) is 10.6 Å². The van der Waals surface area contributed by atoms with Crippen molar-refractivity contribution in [1.29, 1.82) is 0 Å². The van der Waals surface area contributed by atoms with Gasteiger partial charge in [0.1, 0.15) is 10.6 Å². The average molecular weight is 585 g/mol. The third kappa shape index (κ3) is 5.68. The minimum Gasteiger partial charge on any atom is -0.507 e. The van der Waals surface area contributed by atoms with Crippen molar-refractivity contribution in [1.82, 2.24) is 4.98 Å². The summed E-state index contributed by atoms with van der Waals surface area (Å²) in [6.45, 7) is 8.13. The molecule has 1 saturated heterocycles. The van der Waals surface area contributed by atoms with Gasteiger partial charge in [0.25, 0.3) is 5.78 Å². The smallest absolute Gasteiger partial charge is 0.350 e. The van der Waals surface area contributed by atoms with E-state index in [2.05, 4.69) is 4.98 Å². The fourth-order valence-electron chi connectivity index (χ4n) is 4.27. The summed E-state index contributed by atoms with van der Waals surface area (Å²) in [5.41, 5.74) is 1.01. The number of aryl methyl sites for hydroxylation is 1. The molecule has 40 heavy (non-hydrogen) atoms. The van der Waals surface area contributed by atoms with E-state index in [1.54, 1.807) is 56.3 Å². The van der Waals surface area contributed by atoms with Crippen molar-refractivity contribution >= 4 is 51.5 Å². The molecule has 0 spiro atoms. The van der Waals surface area contributed by atoms with E-state index in [4.69, 9.17) is 25.8 Å². The summed E-state index contributed by atoms with van der Waals surface area (Å²) < 4.78 is 16.8. The Kier molecular flexibility index (Phi) is 9.11. The summed E-state index contributed by atoms with van der Waals surface area (Å²) >= 11 is 6.96. The maximum atomic E-state index is 13.5. The lowest BCUT2D eigenvalue weighted by Crippen LogP contribution is -2.29. The Morgan fingerprint density at radius 3 is 2.42 bits per heavy atom. The predicted molar refractivity (Wildman–Crippen MR) is 152 cm³/mol. The van der Waals surface area contributed by atoms with Gasteiger partial charge in [0.05, 0.1) is 37.1 Å². The maximum absolute atomic E-state index is 13.5. The summed E-state index contributed by atoms with van der Waals surface area (Å²) in [4.78, 5) is 45.4. The lowest BCUT2D eigenvalue weighted by molar-refractivity contribution is -0.132. The number of benzene rings is 2. The topological polar surface area (TPSA) is 115 Å². The predicted octanol–water partition coefficient (Wildman–Crippen LogP) is 6.10. The number of aliphatic hydroxyl groups is 1. The summed E-state index contributed by atoms with van der Waals surface area (Å²) in [7, 11) is 0. The van der Waals surface area contributed by atoms with Crippen molar-refractivity contribution in [3.63, 3.8) is 0 Å². The molecule has 1 atom stereocenters. The molecule has 11 heteroatoms. The highest BCUT2D eigenvalue weighted by atomic mass is 35.5. The zero-order chi connectivity index (χ0) is 29.0. The van der Waals surface area contributed by atoms with E-state index >= 15 is 0 Å². The molecule has 1 unspecified atom stereocenters. The van der Waals surface area contributed by atoms with Crippen LogP contribution in [0, 0.1) is 6.92 Å². The molecule has 1 N–H and O–H groups in total. The number of thiazole rings is 1. The molecule has 210 valence electrons. The number of Topliss-reactive ketones (excluding diaryl/α,β-unsaturated/α-hetero) is 1. The SMILES string of the molecule is CCCOc1ccc(C2C(=C(O)c3ccc(Cl)cc3)C(=O)C(=O)N2c2nc(C)c(C(=O)OCC)s2)cc1OCC. The van der Waals surface area contributed by atoms with Gasteiger partial charge in [-0.15, -0.1) is 0 Å². The van der Waals surface area contributed by atoms with Crippen LogP contribution < -0.4 is 14.4 Å². The third-order valence-electron chi connectivity index (χ3n) is 6.06. The summed E-state index contributed by atoms with van der Waals surface area (Å²) in [5, 5.41) is 11.9. The van der Waals surface area contributed by atoms with Crippen molar-refractivity contribution in [3.8, 4) is 11.5 Å². The first-order valence-corrected chi connectivity index (χ1v) is 14.0. The summed E-state index contributed by atoms with van der Waals surface area (Å²) in [6, 6.07) is 10.3. The third-order valence-corrected chi connectivity index (χ3v) is 7.45. The van der Waals surface area contributed by atoms with E-state index in [9.17, 15) is 19.5 Å². The number of aliphatic hydroxyl groups excluding tert-OH is 1. The van der Waals surface area contributed by atoms with E-state index in [0.29, 0.717) is 46.6 Å². The Labute approximate surface area is 241 Å². The largest absolute Gasteiger partial charge is 0.507 e. The average Bonchev–Trinajstić information content (AvgIpc) is 3.44. The van der Waals surface area contributed by atoms with Crippen LogP contribution in [-0.4, -0.2) is 47.6 Å². The number of amides is 1. The van der Waals surface area contributed by atoms with E-state index in [-0.39, 0.29) is 27.9 Å². The first-order chi connectivity index (χ1) is 19.2. The van der Waals surface area contributed by atoms with Crippen LogP contribution >= 0.6 is 22.9 Å². The lowest BCUT2D eigenvalue weighted by Gasteiger charge is -2.24. The normalized spacial score (nSPS) is 16.3. The fraction of sp³-hybridized carbons (Fsp3) is 0.310. The number of halogens is 1. The van der Waals surface area contributed by atoms with Crippen molar-refractivity contribution in [2.75, 3.05) is 24.7 Å². The van der Waals surface area contributed by atoms with Gasteiger partial charge in [0.15, 0.2) is 16.6 Å². The maximum Gasteiger partial charge on any atom is 0.350 e. The Morgan fingerprint density at radius 1 is 1.05 bits per heavy atom. The molecule has 2 heterocycles. The monoisotopic (exact) mass is 584 g/mol. The van der Waals surface area contributed by atoms with E-state index < -0.39 is 23.7 Å². The highest BCUT2D eigenvalue weighted by molar-refractivity contribution is 7.17. The Balaban J connectivity index is 1.92. The Morgan fingerprint density at radius 2 is 1.77 bits per heavy atom. The van der Waals surface area contributed by atoms with E-state index in [0.717, 1.165) is 17.8 Å². The highest BCUT2D eigenvalue weighted by Gasteiger charge is 2.48. The van der Waals surface area contributed by atoms with Crippen LogP contribution in [0.1, 0.15) is 59.7 Å².